The molecule has 0 bridgehead atoms. The molecule has 0 saturated heterocycles. The fraction of sp³-hybridized carbons (Fsp3) is 0.636. The van der Waals surface area contributed by atoms with Crippen LogP contribution in [0.3, 0.4) is 0 Å². The molecule has 0 spiro atoms. The van der Waals surface area contributed by atoms with Gasteiger partial charge in [-0.3, -0.25) is 0 Å². The first-order valence-corrected chi connectivity index (χ1v) is 5.24. The minimum atomic E-state index is 0.338. The van der Waals surface area contributed by atoms with Crippen LogP contribution in [0, 0.1) is 5.92 Å². The molecule has 2 rings (SSSR count). The van der Waals surface area contributed by atoms with Crippen LogP contribution in [0.4, 0.5) is 0 Å². The lowest BCUT2D eigenvalue weighted by Gasteiger charge is -2.17. The Balaban J connectivity index is 1.80. The summed E-state index contributed by atoms with van der Waals surface area (Å²) in [5.41, 5.74) is 5.67. The molecule has 1 fully saturated rings. The molecule has 1 heterocycles. The average molecular weight is 195 g/mol. The van der Waals surface area contributed by atoms with E-state index >= 15 is 0 Å². The molecule has 1 saturated carbocycles. The summed E-state index contributed by atoms with van der Waals surface area (Å²) in [6.07, 6.45) is 5.60. The molecular weight excluding hydrogens is 178 g/mol. The van der Waals surface area contributed by atoms with Gasteiger partial charge in [0.1, 0.15) is 12.4 Å². The van der Waals surface area contributed by atoms with Crippen LogP contribution in [0.5, 0.6) is 0 Å². The SMILES string of the molecule is NCC1CCCC1OCc1ccco1. The quantitative estimate of drug-likeness (QED) is 0.798. The summed E-state index contributed by atoms with van der Waals surface area (Å²) in [6.45, 7) is 1.32. The Kier molecular flexibility index (Phi) is 3.22. The normalized spacial score (nSPS) is 26.9. The maximum atomic E-state index is 5.78. The van der Waals surface area contributed by atoms with Crippen LogP contribution in [-0.4, -0.2) is 12.6 Å². The second-order valence-corrected chi connectivity index (χ2v) is 3.86. The van der Waals surface area contributed by atoms with Crippen molar-refractivity contribution in [3.8, 4) is 0 Å². The zero-order valence-corrected chi connectivity index (χ0v) is 8.32. The predicted octanol–water partition coefficient (Wildman–Crippen LogP) is 1.92. The molecule has 0 aliphatic heterocycles. The molecule has 78 valence electrons. The highest BCUT2D eigenvalue weighted by molar-refractivity contribution is 4.96. The third-order valence-corrected chi connectivity index (χ3v) is 2.91. The summed E-state index contributed by atoms with van der Waals surface area (Å²) >= 11 is 0. The summed E-state index contributed by atoms with van der Waals surface area (Å²) in [4.78, 5) is 0. The van der Waals surface area contributed by atoms with Crippen molar-refractivity contribution in [2.75, 3.05) is 6.54 Å². The Bertz CT molecular complexity index is 258. The molecule has 3 nitrogen and oxygen atoms in total. The second-order valence-electron chi connectivity index (χ2n) is 3.86. The molecule has 1 aromatic rings. The van der Waals surface area contributed by atoms with E-state index in [-0.39, 0.29) is 0 Å². The van der Waals surface area contributed by atoms with E-state index in [2.05, 4.69) is 0 Å². The Labute approximate surface area is 84.2 Å². The van der Waals surface area contributed by atoms with E-state index in [1.807, 2.05) is 12.1 Å². The van der Waals surface area contributed by atoms with Crippen LogP contribution in [0.25, 0.3) is 0 Å². The van der Waals surface area contributed by atoms with Crippen molar-refractivity contribution in [3.63, 3.8) is 0 Å². The van der Waals surface area contributed by atoms with E-state index in [9.17, 15) is 0 Å². The lowest BCUT2D eigenvalue weighted by Crippen LogP contribution is -2.25. The maximum Gasteiger partial charge on any atom is 0.129 e. The lowest BCUT2D eigenvalue weighted by atomic mass is 10.1. The maximum absolute atomic E-state index is 5.78. The predicted molar refractivity (Wildman–Crippen MR) is 53.7 cm³/mol. The highest BCUT2D eigenvalue weighted by Gasteiger charge is 2.26. The van der Waals surface area contributed by atoms with Crippen molar-refractivity contribution in [1.29, 1.82) is 0 Å². The largest absolute Gasteiger partial charge is 0.467 e. The molecule has 2 atom stereocenters. The zero-order chi connectivity index (χ0) is 9.80. The molecule has 2 N–H and O–H groups in total. The first-order valence-electron chi connectivity index (χ1n) is 5.24. The Morgan fingerprint density at radius 3 is 3.14 bits per heavy atom. The van der Waals surface area contributed by atoms with Crippen LogP contribution in [0.2, 0.25) is 0 Å². The third-order valence-electron chi connectivity index (χ3n) is 2.91. The number of hydrogen-bond acceptors (Lipinski definition) is 3. The smallest absolute Gasteiger partial charge is 0.129 e. The van der Waals surface area contributed by atoms with Crippen LogP contribution in [0.15, 0.2) is 22.8 Å². The van der Waals surface area contributed by atoms with Gasteiger partial charge in [-0.25, -0.2) is 0 Å². The number of rotatable bonds is 4. The van der Waals surface area contributed by atoms with Gasteiger partial charge in [0, 0.05) is 0 Å². The van der Waals surface area contributed by atoms with Crippen LogP contribution in [-0.2, 0) is 11.3 Å². The molecule has 1 aliphatic carbocycles. The summed E-state index contributed by atoms with van der Waals surface area (Å²) in [5.74, 6) is 1.44. The molecule has 1 aromatic heterocycles. The van der Waals surface area contributed by atoms with Gasteiger partial charge in [-0.1, -0.05) is 6.42 Å². The van der Waals surface area contributed by atoms with Gasteiger partial charge in [-0.2, -0.15) is 0 Å². The third kappa shape index (κ3) is 2.16. The van der Waals surface area contributed by atoms with Crippen LogP contribution >= 0.6 is 0 Å². The van der Waals surface area contributed by atoms with E-state index in [1.165, 1.54) is 12.8 Å². The second kappa shape index (κ2) is 4.62. The van der Waals surface area contributed by atoms with Gasteiger partial charge in [0.25, 0.3) is 0 Å². The van der Waals surface area contributed by atoms with Crippen molar-refractivity contribution < 1.29 is 9.15 Å². The van der Waals surface area contributed by atoms with E-state index < -0.39 is 0 Å². The van der Waals surface area contributed by atoms with Crippen LogP contribution < -0.4 is 5.73 Å². The molecule has 14 heavy (non-hydrogen) atoms. The standard InChI is InChI=1S/C11H17NO2/c12-7-9-3-1-5-11(9)14-8-10-4-2-6-13-10/h2,4,6,9,11H,1,3,5,7-8,12H2. The molecule has 2 unspecified atom stereocenters. The van der Waals surface area contributed by atoms with E-state index in [1.54, 1.807) is 6.26 Å². The van der Waals surface area contributed by atoms with Gasteiger partial charge in [0.05, 0.1) is 12.4 Å². The summed E-state index contributed by atoms with van der Waals surface area (Å²) in [5, 5.41) is 0. The van der Waals surface area contributed by atoms with Gasteiger partial charge < -0.3 is 14.9 Å². The van der Waals surface area contributed by atoms with E-state index in [0.29, 0.717) is 18.6 Å². The van der Waals surface area contributed by atoms with Crippen molar-refractivity contribution in [2.24, 2.45) is 11.7 Å². The average Bonchev–Trinajstić information content (AvgIpc) is 2.85. The fourth-order valence-electron chi connectivity index (χ4n) is 2.08. The summed E-state index contributed by atoms with van der Waals surface area (Å²) < 4.78 is 11.0. The van der Waals surface area contributed by atoms with Crippen molar-refractivity contribution in [3.05, 3.63) is 24.2 Å². The number of hydrogen-bond donors (Lipinski definition) is 1. The first kappa shape index (κ1) is 9.74. The van der Waals surface area contributed by atoms with Gasteiger partial charge >= 0.3 is 0 Å². The number of furan rings is 1. The summed E-state index contributed by atoms with van der Waals surface area (Å²) in [7, 11) is 0. The Morgan fingerprint density at radius 2 is 2.43 bits per heavy atom. The lowest BCUT2D eigenvalue weighted by molar-refractivity contribution is 0.00994. The van der Waals surface area contributed by atoms with Crippen molar-refractivity contribution in [2.45, 2.75) is 32.0 Å². The molecule has 0 radical (unpaired) electrons. The van der Waals surface area contributed by atoms with Crippen molar-refractivity contribution in [1.82, 2.24) is 0 Å². The van der Waals surface area contributed by atoms with Gasteiger partial charge in [0.15, 0.2) is 0 Å². The van der Waals surface area contributed by atoms with Gasteiger partial charge in [-0.05, 0) is 37.4 Å². The zero-order valence-electron chi connectivity index (χ0n) is 8.32. The van der Waals surface area contributed by atoms with Gasteiger partial charge in [0.2, 0.25) is 0 Å². The Hall–Kier alpha value is -0.800. The minimum Gasteiger partial charge on any atom is -0.467 e. The molecule has 0 aromatic carbocycles. The number of nitrogens with two attached hydrogens (primary N) is 1. The molecular formula is C11H17NO2. The molecule has 3 heteroatoms. The highest BCUT2D eigenvalue weighted by atomic mass is 16.5. The first-order chi connectivity index (χ1) is 6.90. The van der Waals surface area contributed by atoms with Crippen molar-refractivity contribution >= 4 is 0 Å². The highest BCUT2D eigenvalue weighted by Crippen LogP contribution is 2.28. The van der Waals surface area contributed by atoms with E-state index in [0.717, 1.165) is 18.7 Å². The molecule has 1 aliphatic rings. The molecule has 0 amide bonds. The van der Waals surface area contributed by atoms with Gasteiger partial charge in [-0.15, -0.1) is 0 Å². The fourth-order valence-corrected chi connectivity index (χ4v) is 2.08. The minimum absolute atomic E-state index is 0.338. The topological polar surface area (TPSA) is 48.4 Å². The number of ether oxygens (including phenoxy) is 1. The van der Waals surface area contributed by atoms with Crippen LogP contribution in [0.1, 0.15) is 25.0 Å². The monoisotopic (exact) mass is 195 g/mol. The van der Waals surface area contributed by atoms with E-state index in [4.69, 9.17) is 14.9 Å². The Morgan fingerprint density at radius 1 is 1.50 bits per heavy atom. The summed E-state index contributed by atoms with van der Waals surface area (Å²) in [6, 6.07) is 3.82.